The molecule has 0 aliphatic carbocycles. The Labute approximate surface area is 108 Å². The van der Waals surface area contributed by atoms with Gasteiger partial charge in [-0.3, -0.25) is 9.89 Å². The molecule has 1 aromatic carbocycles. The lowest BCUT2D eigenvalue weighted by Gasteiger charge is -2.10. The van der Waals surface area contributed by atoms with Gasteiger partial charge in [0.2, 0.25) is 5.95 Å². The fraction of sp³-hybridized carbons (Fsp3) is 0.182. The zero-order valence-corrected chi connectivity index (χ0v) is 10.3. The van der Waals surface area contributed by atoms with Crippen molar-refractivity contribution in [2.24, 2.45) is 0 Å². The topological polar surface area (TPSA) is 82.1 Å². The molecule has 0 aliphatic heterocycles. The van der Waals surface area contributed by atoms with Crippen molar-refractivity contribution in [2.75, 3.05) is 18.5 Å². The third kappa shape index (κ3) is 2.78. The van der Waals surface area contributed by atoms with E-state index in [1.807, 2.05) is 12.1 Å². The average Bonchev–Trinajstić information content (AvgIpc) is 2.78. The van der Waals surface area contributed by atoms with Crippen LogP contribution in [0.3, 0.4) is 0 Å². The number of hydrogen-bond acceptors (Lipinski definition) is 4. The van der Waals surface area contributed by atoms with Gasteiger partial charge in [0.25, 0.3) is 0 Å². The Morgan fingerprint density at radius 2 is 2.11 bits per heavy atom. The van der Waals surface area contributed by atoms with E-state index in [9.17, 15) is 4.79 Å². The van der Waals surface area contributed by atoms with Crippen LogP contribution in [-0.2, 0) is 4.79 Å². The summed E-state index contributed by atoms with van der Waals surface area (Å²) >= 11 is 5.79. The fourth-order valence-electron chi connectivity index (χ4n) is 1.43. The molecule has 0 amide bonds. The van der Waals surface area contributed by atoms with Gasteiger partial charge in [0.05, 0.1) is 0 Å². The molecule has 0 saturated carbocycles. The number of anilines is 1. The molecule has 1 heterocycles. The third-order valence-corrected chi connectivity index (χ3v) is 2.56. The summed E-state index contributed by atoms with van der Waals surface area (Å²) in [5, 5.41) is 16.0. The highest BCUT2D eigenvalue weighted by Crippen LogP contribution is 2.19. The van der Waals surface area contributed by atoms with E-state index in [-0.39, 0.29) is 6.54 Å². The molecule has 2 N–H and O–H groups in total. The highest BCUT2D eigenvalue weighted by atomic mass is 35.5. The van der Waals surface area contributed by atoms with Gasteiger partial charge in [0.15, 0.2) is 5.82 Å². The summed E-state index contributed by atoms with van der Waals surface area (Å²) in [6.07, 6.45) is 0. The number of aromatic amines is 1. The standard InChI is InChI=1S/C11H11ClN4O2/c1-16(6-9(17)18)11-13-10(14-15-11)7-2-4-8(12)5-3-7/h2-5H,6H2,1H3,(H,17,18)(H,13,14,15). The highest BCUT2D eigenvalue weighted by molar-refractivity contribution is 6.30. The monoisotopic (exact) mass is 266 g/mol. The van der Waals surface area contributed by atoms with Crippen molar-refractivity contribution in [1.29, 1.82) is 0 Å². The number of carbonyl (C=O) groups is 1. The molecule has 0 spiro atoms. The fourth-order valence-corrected chi connectivity index (χ4v) is 1.56. The Hall–Kier alpha value is -2.08. The van der Waals surface area contributed by atoms with E-state index in [4.69, 9.17) is 16.7 Å². The Morgan fingerprint density at radius 3 is 2.72 bits per heavy atom. The quantitative estimate of drug-likeness (QED) is 0.879. The second kappa shape index (κ2) is 5.05. The lowest BCUT2D eigenvalue weighted by atomic mass is 10.2. The molecule has 18 heavy (non-hydrogen) atoms. The molecule has 1 aromatic heterocycles. The van der Waals surface area contributed by atoms with E-state index in [0.29, 0.717) is 16.8 Å². The van der Waals surface area contributed by atoms with Crippen molar-refractivity contribution >= 4 is 23.5 Å². The number of rotatable bonds is 4. The molecular formula is C11H11ClN4O2. The summed E-state index contributed by atoms with van der Waals surface area (Å²) in [7, 11) is 1.61. The molecule has 0 atom stereocenters. The lowest BCUT2D eigenvalue weighted by Crippen LogP contribution is -2.26. The smallest absolute Gasteiger partial charge is 0.323 e. The zero-order chi connectivity index (χ0) is 13.1. The summed E-state index contributed by atoms with van der Waals surface area (Å²) in [4.78, 5) is 16.2. The van der Waals surface area contributed by atoms with Crippen LogP contribution in [0.1, 0.15) is 0 Å². The van der Waals surface area contributed by atoms with Crippen molar-refractivity contribution in [3.63, 3.8) is 0 Å². The first-order valence-electron chi connectivity index (χ1n) is 5.17. The van der Waals surface area contributed by atoms with Gasteiger partial charge in [-0.2, -0.15) is 4.98 Å². The number of benzene rings is 1. The van der Waals surface area contributed by atoms with Crippen molar-refractivity contribution in [3.8, 4) is 11.4 Å². The SMILES string of the molecule is CN(CC(=O)O)c1n[nH]c(-c2ccc(Cl)cc2)n1. The van der Waals surface area contributed by atoms with Crippen molar-refractivity contribution < 1.29 is 9.90 Å². The minimum atomic E-state index is -0.935. The van der Waals surface area contributed by atoms with Gasteiger partial charge >= 0.3 is 5.97 Å². The minimum Gasteiger partial charge on any atom is -0.480 e. The maximum Gasteiger partial charge on any atom is 0.323 e. The normalized spacial score (nSPS) is 10.3. The summed E-state index contributed by atoms with van der Waals surface area (Å²) in [5.74, 6) is -0.0309. The molecule has 0 unspecified atom stereocenters. The van der Waals surface area contributed by atoms with E-state index in [1.54, 1.807) is 19.2 Å². The number of carboxylic acid groups (broad SMARTS) is 1. The van der Waals surface area contributed by atoms with Crippen LogP contribution >= 0.6 is 11.6 Å². The second-order valence-corrected chi connectivity index (χ2v) is 4.18. The zero-order valence-electron chi connectivity index (χ0n) is 9.59. The number of nitrogens with one attached hydrogen (secondary N) is 1. The summed E-state index contributed by atoms with van der Waals surface area (Å²) in [6.45, 7) is -0.155. The molecule has 0 saturated heterocycles. The molecular weight excluding hydrogens is 256 g/mol. The Morgan fingerprint density at radius 1 is 1.44 bits per heavy atom. The van der Waals surface area contributed by atoms with Crippen molar-refractivity contribution in [3.05, 3.63) is 29.3 Å². The van der Waals surface area contributed by atoms with Crippen LogP contribution in [0, 0.1) is 0 Å². The van der Waals surface area contributed by atoms with Crippen LogP contribution in [0.25, 0.3) is 11.4 Å². The molecule has 2 rings (SSSR count). The summed E-state index contributed by atoms with van der Waals surface area (Å²) < 4.78 is 0. The van der Waals surface area contributed by atoms with Crippen LogP contribution in [0.4, 0.5) is 5.95 Å². The number of nitrogens with zero attached hydrogens (tertiary/aromatic N) is 3. The number of aromatic nitrogens is 3. The molecule has 0 aliphatic rings. The highest BCUT2D eigenvalue weighted by Gasteiger charge is 2.11. The number of carboxylic acids is 1. The molecule has 7 heteroatoms. The van der Waals surface area contributed by atoms with Crippen LogP contribution in [-0.4, -0.2) is 39.8 Å². The molecule has 0 radical (unpaired) electrons. The second-order valence-electron chi connectivity index (χ2n) is 3.74. The van der Waals surface area contributed by atoms with Crippen molar-refractivity contribution in [2.45, 2.75) is 0 Å². The van der Waals surface area contributed by atoms with E-state index in [0.717, 1.165) is 5.56 Å². The van der Waals surface area contributed by atoms with E-state index in [1.165, 1.54) is 4.90 Å². The van der Waals surface area contributed by atoms with E-state index in [2.05, 4.69) is 15.2 Å². The third-order valence-electron chi connectivity index (χ3n) is 2.31. The lowest BCUT2D eigenvalue weighted by molar-refractivity contribution is -0.135. The number of H-pyrrole nitrogens is 1. The first-order chi connectivity index (χ1) is 8.56. The minimum absolute atomic E-state index is 0.155. The van der Waals surface area contributed by atoms with Gasteiger partial charge in [-0.05, 0) is 24.3 Å². The molecule has 0 fully saturated rings. The maximum absolute atomic E-state index is 10.6. The Balaban J connectivity index is 2.19. The van der Waals surface area contributed by atoms with Crippen LogP contribution in [0.2, 0.25) is 5.02 Å². The summed E-state index contributed by atoms with van der Waals surface area (Å²) in [5.41, 5.74) is 0.835. The van der Waals surface area contributed by atoms with Crippen LogP contribution in [0.15, 0.2) is 24.3 Å². The van der Waals surface area contributed by atoms with Crippen LogP contribution < -0.4 is 4.90 Å². The molecule has 2 aromatic rings. The number of aliphatic carboxylic acids is 1. The number of halogens is 1. The van der Waals surface area contributed by atoms with E-state index < -0.39 is 5.97 Å². The Kier molecular flexibility index (Phi) is 3.47. The van der Waals surface area contributed by atoms with Gasteiger partial charge in [-0.1, -0.05) is 11.6 Å². The predicted molar refractivity (Wildman–Crippen MR) is 67.7 cm³/mol. The summed E-state index contributed by atoms with van der Waals surface area (Å²) in [6, 6.07) is 7.12. The first kappa shape index (κ1) is 12.4. The average molecular weight is 267 g/mol. The maximum atomic E-state index is 10.6. The molecule has 94 valence electrons. The van der Waals surface area contributed by atoms with Gasteiger partial charge in [-0.15, -0.1) is 5.10 Å². The van der Waals surface area contributed by atoms with Crippen molar-refractivity contribution in [1.82, 2.24) is 15.2 Å². The largest absolute Gasteiger partial charge is 0.480 e. The van der Waals surface area contributed by atoms with Gasteiger partial charge in [0.1, 0.15) is 6.54 Å². The molecule has 0 bridgehead atoms. The number of hydrogen-bond donors (Lipinski definition) is 2. The Bertz CT molecular complexity index is 552. The van der Waals surface area contributed by atoms with Gasteiger partial charge < -0.3 is 10.0 Å². The predicted octanol–water partition coefficient (Wildman–Crippen LogP) is 1.65. The van der Waals surface area contributed by atoms with E-state index >= 15 is 0 Å². The van der Waals surface area contributed by atoms with Gasteiger partial charge in [-0.25, -0.2) is 0 Å². The van der Waals surface area contributed by atoms with Crippen LogP contribution in [0.5, 0.6) is 0 Å². The van der Waals surface area contributed by atoms with Gasteiger partial charge in [0, 0.05) is 17.6 Å². The molecule has 6 nitrogen and oxygen atoms in total. The number of likely N-dealkylation sites (N-methyl/N-ethyl adjacent to an activating group) is 1. The first-order valence-corrected chi connectivity index (χ1v) is 5.55.